The molecule has 3 rings (SSSR count). The monoisotopic (exact) mass is 411 g/mol. The number of aromatic amines is 1. The SMILES string of the molecule is CCOc1nc(-n2[nH]c(C)c(N=Nc3ccc([N+](=O)[O-])cc3)c2=O)nc(C)c1CC. The van der Waals surface area contributed by atoms with Gasteiger partial charge >= 0.3 is 5.56 Å². The fourth-order valence-corrected chi connectivity index (χ4v) is 2.86. The van der Waals surface area contributed by atoms with Crippen LogP contribution in [-0.2, 0) is 6.42 Å². The Morgan fingerprint density at radius 2 is 1.87 bits per heavy atom. The van der Waals surface area contributed by atoms with E-state index in [0.717, 1.165) is 11.3 Å². The van der Waals surface area contributed by atoms with Crippen LogP contribution >= 0.6 is 0 Å². The number of ether oxygens (including phenoxy) is 1. The summed E-state index contributed by atoms with van der Waals surface area (Å²) >= 11 is 0. The lowest BCUT2D eigenvalue weighted by molar-refractivity contribution is -0.384. The lowest BCUT2D eigenvalue weighted by Crippen LogP contribution is -2.19. The molecule has 0 radical (unpaired) electrons. The minimum Gasteiger partial charge on any atom is -0.478 e. The van der Waals surface area contributed by atoms with Crippen LogP contribution in [0.2, 0.25) is 0 Å². The lowest BCUT2D eigenvalue weighted by atomic mass is 10.2. The summed E-state index contributed by atoms with van der Waals surface area (Å²) < 4.78 is 6.80. The van der Waals surface area contributed by atoms with E-state index in [1.165, 1.54) is 28.9 Å². The summed E-state index contributed by atoms with van der Waals surface area (Å²) in [5.74, 6) is 0.591. The van der Waals surface area contributed by atoms with Crippen LogP contribution in [0, 0.1) is 24.0 Å². The largest absolute Gasteiger partial charge is 0.478 e. The molecule has 0 saturated carbocycles. The van der Waals surface area contributed by atoms with Crippen LogP contribution in [0.3, 0.4) is 0 Å². The molecule has 2 heterocycles. The summed E-state index contributed by atoms with van der Waals surface area (Å²) in [4.78, 5) is 31.9. The molecule has 0 unspecified atom stereocenters. The van der Waals surface area contributed by atoms with Crippen molar-refractivity contribution < 1.29 is 9.66 Å². The number of hydrogen-bond donors (Lipinski definition) is 1. The fourth-order valence-electron chi connectivity index (χ4n) is 2.86. The number of nitro groups is 1. The van der Waals surface area contributed by atoms with Gasteiger partial charge in [0, 0.05) is 23.4 Å². The van der Waals surface area contributed by atoms with Crippen molar-refractivity contribution in [2.45, 2.75) is 34.1 Å². The first-order valence-corrected chi connectivity index (χ1v) is 9.34. The minimum absolute atomic E-state index is 0.0534. The fraction of sp³-hybridized carbons (Fsp3) is 0.316. The van der Waals surface area contributed by atoms with E-state index < -0.39 is 10.5 Å². The third-order valence-electron chi connectivity index (χ3n) is 4.37. The Kier molecular flexibility index (Phi) is 6.00. The van der Waals surface area contributed by atoms with Gasteiger partial charge in [0.1, 0.15) is 0 Å². The second-order valence-electron chi connectivity index (χ2n) is 6.38. The maximum Gasteiger partial charge on any atom is 0.301 e. The van der Waals surface area contributed by atoms with Crippen LogP contribution in [-0.4, -0.2) is 31.3 Å². The number of aryl methyl sites for hydroxylation is 2. The van der Waals surface area contributed by atoms with Gasteiger partial charge in [-0.15, -0.1) is 5.11 Å². The zero-order valence-corrected chi connectivity index (χ0v) is 17.0. The van der Waals surface area contributed by atoms with Gasteiger partial charge in [-0.3, -0.25) is 20.0 Å². The molecule has 0 saturated heterocycles. The summed E-state index contributed by atoms with van der Waals surface area (Å²) in [5, 5.41) is 21.7. The molecule has 1 N–H and O–H groups in total. The van der Waals surface area contributed by atoms with E-state index in [1.54, 1.807) is 6.92 Å². The molecule has 0 fully saturated rings. The molecule has 0 spiro atoms. The molecule has 11 nitrogen and oxygen atoms in total. The first-order valence-electron chi connectivity index (χ1n) is 9.34. The molecule has 0 bridgehead atoms. The highest BCUT2D eigenvalue weighted by Crippen LogP contribution is 2.23. The molecule has 3 aromatic rings. The number of nitro benzene ring substituents is 1. The quantitative estimate of drug-likeness (QED) is 0.355. The van der Waals surface area contributed by atoms with Gasteiger partial charge in [0.25, 0.3) is 11.6 Å². The standard InChI is InChI=1S/C19H21N7O4/c1-5-15-11(3)20-19(21-17(15)30-6-2)25-18(27)16(12(4)24-25)23-22-13-7-9-14(10-8-13)26(28)29/h7-10,24H,5-6H2,1-4H3. The Morgan fingerprint density at radius 1 is 1.17 bits per heavy atom. The van der Waals surface area contributed by atoms with E-state index in [2.05, 4.69) is 25.3 Å². The molecule has 2 aromatic heterocycles. The van der Waals surface area contributed by atoms with Crippen LogP contribution in [0.5, 0.6) is 5.88 Å². The Balaban J connectivity index is 1.98. The van der Waals surface area contributed by atoms with E-state index in [1.807, 2.05) is 20.8 Å². The smallest absolute Gasteiger partial charge is 0.301 e. The van der Waals surface area contributed by atoms with Crippen molar-refractivity contribution in [3.8, 4) is 11.8 Å². The maximum atomic E-state index is 12.9. The Morgan fingerprint density at radius 3 is 2.47 bits per heavy atom. The Hall–Kier alpha value is -3.89. The van der Waals surface area contributed by atoms with Gasteiger partial charge in [-0.2, -0.15) is 14.8 Å². The number of aromatic nitrogens is 4. The normalized spacial score (nSPS) is 11.2. The second kappa shape index (κ2) is 8.64. The molecule has 30 heavy (non-hydrogen) atoms. The minimum atomic E-state index is -0.502. The predicted octanol–water partition coefficient (Wildman–Crippen LogP) is 3.86. The number of nitrogens with one attached hydrogen (secondary N) is 1. The van der Waals surface area contributed by atoms with E-state index in [0.29, 0.717) is 30.3 Å². The van der Waals surface area contributed by atoms with Crippen molar-refractivity contribution >= 4 is 17.1 Å². The van der Waals surface area contributed by atoms with Crippen LogP contribution in [0.15, 0.2) is 39.3 Å². The van der Waals surface area contributed by atoms with Gasteiger partial charge in [-0.1, -0.05) is 6.92 Å². The van der Waals surface area contributed by atoms with Gasteiger partial charge in [0.05, 0.1) is 22.9 Å². The van der Waals surface area contributed by atoms with Gasteiger partial charge < -0.3 is 4.74 Å². The van der Waals surface area contributed by atoms with Crippen LogP contribution in [0.25, 0.3) is 5.95 Å². The summed E-state index contributed by atoms with van der Waals surface area (Å²) in [5.41, 5.74) is 2.03. The van der Waals surface area contributed by atoms with E-state index >= 15 is 0 Å². The average molecular weight is 411 g/mol. The molecule has 0 amide bonds. The van der Waals surface area contributed by atoms with Crippen molar-refractivity contribution in [2.75, 3.05) is 6.61 Å². The summed E-state index contributed by atoms with van der Waals surface area (Å²) in [6.45, 7) is 7.80. The van der Waals surface area contributed by atoms with Crippen molar-refractivity contribution in [1.82, 2.24) is 19.7 Å². The zero-order valence-electron chi connectivity index (χ0n) is 17.0. The van der Waals surface area contributed by atoms with Gasteiger partial charge in [0.2, 0.25) is 5.88 Å². The molecule has 1 aromatic carbocycles. The maximum absolute atomic E-state index is 12.9. The third-order valence-corrected chi connectivity index (χ3v) is 4.37. The summed E-state index contributed by atoms with van der Waals surface area (Å²) in [6.07, 6.45) is 0.703. The van der Waals surface area contributed by atoms with Gasteiger partial charge in [0.15, 0.2) is 5.69 Å². The Labute approximate surface area is 171 Å². The highest BCUT2D eigenvalue weighted by molar-refractivity contribution is 5.46. The van der Waals surface area contributed by atoms with Gasteiger partial charge in [-0.05, 0) is 39.3 Å². The molecule has 0 aliphatic carbocycles. The number of benzene rings is 1. The van der Waals surface area contributed by atoms with Crippen molar-refractivity contribution in [2.24, 2.45) is 10.2 Å². The molecule has 11 heteroatoms. The van der Waals surface area contributed by atoms with E-state index in [-0.39, 0.29) is 17.3 Å². The van der Waals surface area contributed by atoms with Crippen LogP contribution in [0.1, 0.15) is 30.8 Å². The first-order chi connectivity index (χ1) is 14.3. The number of H-pyrrole nitrogens is 1. The predicted molar refractivity (Wildman–Crippen MR) is 109 cm³/mol. The zero-order chi connectivity index (χ0) is 21.8. The number of azo groups is 1. The topological polar surface area (TPSA) is 141 Å². The highest BCUT2D eigenvalue weighted by Gasteiger charge is 2.18. The van der Waals surface area contributed by atoms with E-state index in [4.69, 9.17) is 4.74 Å². The van der Waals surface area contributed by atoms with Gasteiger partial charge in [-0.25, -0.2) is 4.98 Å². The van der Waals surface area contributed by atoms with Crippen molar-refractivity contribution in [3.05, 3.63) is 61.7 Å². The molecular weight excluding hydrogens is 390 g/mol. The highest BCUT2D eigenvalue weighted by atomic mass is 16.6. The molecule has 0 aliphatic rings. The number of hydrogen-bond acceptors (Lipinski definition) is 8. The molecule has 156 valence electrons. The molecular formula is C19H21N7O4. The van der Waals surface area contributed by atoms with E-state index in [9.17, 15) is 14.9 Å². The van der Waals surface area contributed by atoms with Crippen molar-refractivity contribution in [3.63, 3.8) is 0 Å². The second-order valence-corrected chi connectivity index (χ2v) is 6.38. The third kappa shape index (κ3) is 4.09. The Bertz CT molecular complexity index is 1160. The van der Waals surface area contributed by atoms with Crippen LogP contribution < -0.4 is 10.3 Å². The molecule has 0 aliphatic heterocycles. The van der Waals surface area contributed by atoms with Crippen molar-refractivity contribution in [1.29, 1.82) is 0 Å². The summed E-state index contributed by atoms with van der Waals surface area (Å²) in [6, 6.07) is 5.54. The number of rotatable bonds is 7. The lowest BCUT2D eigenvalue weighted by Gasteiger charge is -2.11. The number of nitrogens with zero attached hydrogens (tertiary/aromatic N) is 6. The van der Waals surface area contributed by atoms with Crippen LogP contribution in [0.4, 0.5) is 17.1 Å². The summed E-state index contributed by atoms with van der Waals surface area (Å²) in [7, 11) is 0. The first kappa shape index (κ1) is 20.8. The molecule has 0 atom stereocenters. The number of non-ortho nitro benzene ring substituents is 1. The average Bonchev–Trinajstić information content (AvgIpc) is 3.00.